The van der Waals surface area contributed by atoms with Gasteiger partial charge in [0.25, 0.3) is 0 Å². The number of hydrogen-bond donors (Lipinski definition) is 2. The average Bonchev–Trinajstić information content (AvgIpc) is 3.53. The van der Waals surface area contributed by atoms with Gasteiger partial charge >= 0.3 is 12.1 Å². The van der Waals surface area contributed by atoms with Crippen molar-refractivity contribution in [1.29, 1.82) is 0 Å². The molecule has 1 fully saturated rings. The van der Waals surface area contributed by atoms with Crippen molar-refractivity contribution >= 4 is 11.9 Å². The first-order valence-electron chi connectivity index (χ1n) is 10.3. The number of carbonyl (C=O) groups is 2. The van der Waals surface area contributed by atoms with Crippen LogP contribution in [0.25, 0.3) is 0 Å². The van der Waals surface area contributed by atoms with E-state index in [1.54, 1.807) is 12.1 Å². The maximum Gasteiger partial charge on any atom is 0.416 e. The monoisotopic (exact) mass is 451 g/mol. The van der Waals surface area contributed by atoms with E-state index in [1.807, 2.05) is 26.0 Å². The molecule has 0 aromatic heterocycles. The summed E-state index contributed by atoms with van der Waals surface area (Å²) in [7, 11) is 1.37. The van der Waals surface area contributed by atoms with E-state index in [0.29, 0.717) is 23.5 Å². The predicted octanol–water partition coefficient (Wildman–Crippen LogP) is 4.82. The third-order valence-corrected chi connectivity index (χ3v) is 5.04. The fourth-order valence-electron chi connectivity index (χ4n) is 3.14. The summed E-state index contributed by atoms with van der Waals surface area (Å²) in [6.45, 7) is 3.83. The van der Waals surface area contributed by atoms with Crippen LogP contribution < -0.4 is 5.32 Å². The van der Waals surface area contributed by atoms with Crippen molar-refractivity contribution in [2.24, 2.45) is 5.92 Å². The van der Waals surface area contributed by atoms with Gasteiger partial charge in [-0.05, 0) is 54.2 Å². The number of aliphatic hydroxyl groups is 1. The van der Waals surface area contributed by atoms with E-state index in [0.717, 1.165) is 30.5 Å². The molecule has 3 rings (SSSR count). The number of nitrogens with one attached hydrogen (secondary N) is 1. The van der Waals surface area contributed by atoms with E-state index in [1.165, 1.54) is 19.2 Å². The number of methoxy groups -OCH3 is 1. The highest BCUT2D eigenvalue weighted by molar-refractivity contribution is 5.89. The Morgan fingerprint density at radius 3 is 2.03 bits per heavy atom. The first-order valence-corrected chi connectivity index (χ1v) is 10.3. The van der Waals surface area contributed by atoms with Crippen molar-refractivity contribution in [3.63, 3.8) is 0 Å². The lowest BCUT2D eigenvalue weighted by atomic mass is 10.0. The van der Waals surface area contributed by atoms with Gasteiger partial charge in [0.05, 0.1) is 30.4 Å². The molecule has 1 aliphatic rings. The van der Waals surface area contributed by atoms with Crippen LogP contribution in [0.15, 0.2) is 48.5 Å². The number of carbonyl (C=O) groups excluding carboxylic acids is 2. The third kappa shape index (κ3) is 7.09. The zero-order chi connectivity index (χ0) is 23.9. The molecule has 0 bridgehead atoms. The van der Waals surface area contributed by atoms with Crippen molar-refractivity contribution in [2.45, 2.75) is 51.4 Å². The number of rotatable bonds is 6. The highest BCUT2D eigenvalue weighted by Gasteiger charge is 2.45. The maximum atomic E-state index is 12.0. The van der Waals surface area contributed by atoms with Gasteiger partial charge in [0.2, 0.25) is 5.91 Å². The van der Waals surface area contributed by atoms with Crippen LogP contribution in [0, 0.1) is 5.92 Å². The Morgan fingerprint density at radius 1 is 1.06 bits per heavy atom. The molecule has 32 heavy (non-hydrogen) atoms. The molecule has 1 amide bonds. The summed E-state index contributed by atoms with van der Waals surface area (Å²) in [5, 5.41) is 11.7. The topological polar surface area (TPSA) is 75.6 Å². The van der Waals surface area contributed by atoms with Crippen molar-refractivity contribution in [2.75, 3.05) is 7.11 Å². The highest BCUT2D eigenvalue weighted by Crippen LogP contribution is 2.45. The van der Waals surface area contributed by atoms with Gasteiger partial charge in [-0.2, -0.15) is 13.2 Å². The number of alkyl halides is 3. The molecule has 0 spiro atoms. The summed E-state index contributed by atoms with van der Waals surface area (Å²) in [6, 6.07) is 11.7. The second-order valence-electron chi connectivity index (χ2n) is 8.15. The molecule has 0 unspecified atom stereocenters. The lowest BCUT2D eigenvalue weighted by Crippen LogP contribution is -2.35. The molecule has 174 valence electrons. The van der Waals surface area contributed by atoms with Gasteiger partial charge in [-0.1, -0.05) is 38.1 Å². The Bertz CT molecular complexity index is 902. The van der Waals surface area contributed by atoms with Crippen molar-refractivity contribution in [3.05, 3.63) is 70.8 Å². The predicted molar refractivity (Wildman–Crippen MR) is 114 cm³/mol. The summed E-state index contributed by atoms with van der Waals surface area (Å²) < 4.78 is 40.6. The highest BCUT2D eigenvalue weighted by atomic mass is 19.4. The molecule has 0 heterocycles. The quantitative estimate of drug-likeness (QED) is 0.618. The Morgan fingerprint density at radius 2 is 1.62 bits per heavy atom. The smallest absolute Gasteiger partial charge is 0.416 e. The lowest BCUT2D eigenvalue weighted by Gasteiger charge is -2.19. The molecule has 0 atom stereocenters. The fourth-order valence-corrected chi connectivity index (χ4v) is 3.14. The molecule has 1 aliphatic carbocycles. The van der Waals surface area contributed by atoms with Crippen LogP contribution in [0.1, 0.15) is 60.2 Å². The van der Waals surface area contributed by atoms with Crippen LogP contribution in [0.4, 0.5) is 13.2 Å². The second-order valence-corrected chi connectivity index (χ2v) is 8.15. The van der Waals surface area contributed by atoms with Crippen molar-refractivity contribution < 1.29 is 32.6 Å². The van der Waals surface area contributed by atoms with Crippen LogP contribution in [-0.4, -0.2) is 24.1 Å². The number of esters is 1. The van der Waals surface area contributed by atoms with E-state index in [9.17, 15) is 22.8 Å². The van der Waals surface area contributed by atoms with Crippen molar-refractivity contribution in [3.8, 4) is 0 Å². The van der Waals surface area contributed by atoms with E-state index >= 15 is 0 Å². The van der Waals surface area contributed by atoms with E-state index in [2.05, 4.69) is 10.1 Å². The van der Waals surface area contributed by atoms with Gasteiger partial charge in [-0.25, -0.2) is 4.79 Å². The normalized spacial score (nSPS) is 14.2. The summed E-state index contributed by atoms with van der Waals surface area (Å²) in [4.78, 5) is 23.3. The van der Waals surface area contributed by atoms with Crippen LogP contribution in [0.2, 0.25) is 0 Å². The molecule has 2 N–H and O–H groups in total. The summed E-state index contributed by atoms with van der Waals surface area (Å²) in [5.74, 6) is 0.104. The molecule has 2 aromatic rings. The van der Waals surface area contributed by atoms with Gasteiger partial charge < -0.3 is 15.2 Å². The number of benzene rings is 2. The third-order valence-electron chi connectivity index (χ3n) is 5.04. The first-order chi connectivity index (χ1) is 15.0. The van der Waals surface area contributed by atoms with Crippen LogP contribution >= 0.6 is 0 Å². The minimum atomic E-state index is -4.30. The molecular weight excluding hydrogens is 423 g/mol. The Balaban J connectivity index is 0.000000258. The van der Waals surface area contributed by atoms with Gasteiger partial charge in [-0.15, -0.1) is 0 Å². The largest absolute Gasteiger partial charge is 0.465 e. The molecule has 2 aromatic carbocycles. The SMILES string of the molecule is COC(=O)c1ccc(C2(NC(=O)CC(C)C)CC2)cc1.OCc1ccc(C(F)(F)F)cc1. The molecule has 8 heteroatoms. The summed E-state index contributed by atoms with van der Waals surface area (Å²) in [6.07, 6.45) is -1.85. The fraction of sp³-hybridized carbons (Fsp3) is 0.417. The first kappa shape index (κ1) is 25.4. The van der Waals surface area contributed by atoms with E-state index < -0.39 is 11.7 Å². The molecule has 5 nitrogen and oxygen atoms in total. The zero-order valence-electron chi connectivity index (χ0n) is 18.3. The minimum Gasteiger partial charge on any atom is -0.465 e. The lowest BCUT2D eigenvalue weighted by molar-refractivity contribution is -0.137. The number of hydrogen-bond acceptors (Lipinski definition) is 4. The van der Waals surface area contributed by atoms with E-state index in [4.69, 9.17) is 5.11 Å². The molecule has 0 radical (unpaired) electrons. The zero-order valence-corrected chi connectivity index (χ0v) is 18.3. The van der Waals surface area contributed by atoms with Crippen LogP contribution in [-0.2, 0) is 27.9 Å². The number of halogens is 3. The molecular formula is C24H28F3NO4. The van der Waals surface area contributed by atoms with Gasteiger partial charge in [-0.3, -0.25) is 4.79 Å². The van der Waals surface area contributed by atoms with E-state index in [-0.39, 0.29) is 24.0 Å². The average molecular weight is 451 g/mol. The van der Waals surface area contributed by atoms with Gasteiger partial charge in [0.1, 0.15) is 0 Å². The Kier molecular flexibility index (Phi) is 8.44. The summed E-state index contributed by atoms with van der Waals surface area (Å²) >= 11 is 0. The minimum absolute atomic E-state index is 0.0922. The van der Waals surface area contributed by atoms with Crippen LogP contribution in [0.3, 0.4) is 0 Å². The number of ether oxygens (including phenoxy) is 1. The Hall–Kier alpha value is -2.87. The summed E-state index contributed by atoms with van der Waals surface area (Å²) in [5.41, 5.74) is 1.14. The van der Waals surface area contributed by atoms with Crippen LogP contribution in [0.5, 0.6) is 0 Å². The molecule has 1 saturated carbocycles. The van der Waals surface area contributed by atoms with Gasteiger partial charge in [0, 0.05) is 6.42 Å². The number of amides is 1. The molecule has 0 aliphatic heterocycles. The number of aliphatic hydroxyl groups excluding tert-OH is 1. The van der Waals surface area contributed by atoms with Crippen molar-refractivity contribution in [1.82, 2.24) is 5.32 Å². The molecule has 0 saturated heterocycles. The second kappa shape index (κ2) is 10.6. The van der Waals surface area contributed by atoms with Gasteiger partial charge in [0.15, 0.2) is 0 Å². The standard InChI is InChI=1S/C16H21NO3.C8H7F3O/c1-11(2)10-14(18)17-16(8-9-16)13-6-4-12(5-7-13)15(19)20-3;9-8(10,11)7-3-1-6(5-12)2-4-7/h4-7,11H,8-10H2,1-3H3,(H,17,18);1-4,12H,5H2. The Labute approximate surface area is 185 Å². The maximum absolute atomic E-state index is 12.0.